The summed E-state index contributed by atoms with van der Waals surface area (Å²) in [6.07, 6.45) is 10.5. The molecule has 4 atom stereocenters. The van der Waals surface area contributed by atoms with Crippen LogP contribution >= 0.6 is 0 Å². The van der Waals surface area contributed by atoms with Gasteiger partial charge in [-0.15, -0.1) is 0 Å². The van der Waals surface area contributed by atoms with Crippen LogP contribution in [0.25, 0.3) is 10.9 Å². The van der Waals surface area contributed by atoms with Crippen molar-refractivity contribution in [2.75, 3.05) is 5.32 Å². The van der Waals surface area contributed by atoms with Crippen LogP contribution in [0, 0.1) is 28.6 Å². The number of ketones is 1. The van der Waals surface area contributed by atoms with Gasteiger partial charge in [0.1, 0.15) is 12.1 Å². The van der Waals surface area contributed by atoms with Crippen LogP contribution in [-0.4, -0.2) is 51.8 Å². The number of carbonyl (C=O) groups excluding carboxylic acids is 4. The number of Topliss-reactive ketones (excluding diaryl/α,β-unsaturated/α-hetero) is 1. The molecule has 1 aromatic carbocycles. The molecule has 3 amide bonds. The second-order valence-corrected chi connectivity index (χ2v) is 13.0. The van der Waals surface area contributed by atoms with Crippen LogP contribution in [0.2, 0.25) is 0 Å². The molecule has 10 heteroatoms. The highest BCUT2D eigenvalue weighted by molar-refractivity contribution is 6.26. The van der Waals surface area contributed by atoms with Crippen LogP contribution in [-0.2, 0) is 25.6 Å². The number of amides is 3. The van der Waals surface area contributed by atoms with Gasteiger partial charge >= 0.3 is 0 Å². The summed E-state index contributed by atoms with van der Waals surface area (Å²) in [5.41, 5.74) is 1.78. The first-order chi connectivity index (χ1) is 21.2. The van der Waals surface area contributed by atoms with Crippen LogP contribution in [0.15, 0.2) is 55.0 Å². The summed E-state index contributed by atoms with van der Waals surface area (Å²) in [4.78, 5) is 60.8. The molecule has 2 aliphatic carbocycles. The highest BCUT2D eigenvalue weighted by atomic mass is 16.2. The smallest absolute Gasteiger partial charge is 0.246 e. The Morgan fingerprint density at radius 1 is 0.977 bits per heavy atom. The van der Waals surface area contributed by atoms with Crippen LogP contribution in [0.5, 0.6) is 0 Å². The number of nitrogens with zero attached hydrogens (tertiary/aromatic N) is 1. The minimum atomic E-state index is -1.06. The number of hydrogen-bond donors (Lipinski definition) is 5. The van der Waals surface area contributed by atoms with E-state index in [4.69, 9.17) is 5.41 Å². The van der Waals surface area contributed by atoms with Gasteiger partial charge in [-0.2, -0.15) is 0 Å². The van der Waals surface area contributed by atoms with Crippen molar-refractivity contribution in [2.24, 2.45) is 23.2 Å². The van der Waals surface area contributed by atoms with Crippen molar-refractivity contribution in [2.45, 2.75) is 77.3 Å². The van der Waals surface area contributed by atoms with E-state index in [1.165, 1.54) is 12.4 Å². The molecule has 0 saturated heterocycles. The fourth-order valence-corrected chi connectivity index (χ4v) is 7.59. The molecule has 2 unspecified atom stereocenters. The molecule has 2 aromatic heterocycles. The summed E-state index contributed by atoms with van der Waals surface area (Å²) in [5.74, 6) is -0.180. The molecule has 0 aliphatic heterocycles. The summed E-state index contributed by atoms with van der Waals surface area (Å²) < 4.78 is 0. The normalized spacial score (nSPS) is 24.1. The van der Waals surface area contributed by atoms with Crippen molar-refractivity contribution in [1.29, 1.82) is 5.41 Å². The Bertz CT molecular complexity index is 1500. The highest BCUT2D eigenvalue weighted by Gasteiger charge is 2.49. The number of pyridine rings is 1. The van der Waals surface area contributed by atoms with Gasteiger partial charge in [0.05, 0.1) is 6.21 Å². The molecule has 5 N–H and O–H groups in total. The lowest BCUT2D eigenvalue weighted by Gasteiger charge is -2.49. The van der Waals surface area contributed by atoms with Gasteiger partial charge in [-0.3, -0.25) is 24.2 Å². The largest absolute Gasteiger partial charge is 0.361 e. The zero-order chi connectivity index (χ0) is 31.3. The molecular weight excluding hydrogens is 556 g/mol. The fourth-order valence-electron chi connectivity index (χ4n) is 7.59. The third-order valence-corrected chi connectivity index (χ3v) is 9.25. The Morgan fingerprint density at radius 3 is 2.39 bits per heavy atom. The van der Waals surface area contributed by atoms with Crippen LogP contribution < -0.4 is 16.0 Å². The van der Waals surface area contributed by atoms with Crippen LogP contribution in [0.4, 0.5) is 5.69 Å². The number of aromatic amines is 1. The number of H-pyrrole nitrogens is 1. The number of carbonyl (C=O) groups is 4. The molecule has 5 rings (SSSR count). The number of rotatable bonds is 12. The second kappa shape index (κ2) is 13.5. The first-order valence-corrected chi connectivity index (χ1v) is 15.6. The molecule has 2 fully saturated rings. The van der Waals surface area contributed by atoms with E-state index in [9.17, 15) is 19.2 Å². The number of hydrogen-bond acceptors (Lipinski definition) is 6. The third kappa shape index (κ3) is 7.23. The maximum atomic E-state index is 14.2. The number of para-hydroxylation sites is 1. The molecular formula is C34H42N6O4. The van der Waals surface area contributed by atoms with Crippen LogP contribution in [0.1, 0.15) is 64.4 Å². The van der Waals surface area contributed by atoms with E-state index < -0.39 is 35.1 Å². The lowest BCUT2D eigenvalue weighted by molar-refractivity contribution is -0.142. The summed E-state index contributed by atoms with van der Waals surface area (Å²) in [5, 5.41) is 17.0. The maximum absolute atomic E-state index is 14.2. The molecule has 2 bridgehead atoms. The summed E-state index contributed by atoms with van der Waals surface area (Å²) >= 11 is 0. The number of anilines is 1. The van der Waals surface area contributed by atoms with Crippen LogP contribution in [0.3, 0.4) is 0 Å². The monoisotopic (exact) mass is 598 g/mol. The molecule has 44 heavy (non-hydrogen) atoms. The first kappa shape index (κ1) is 31.1. The van der Waals surface area contributed by atoms with E-state index in [1.54, 1.807) is 12.1 Å². The first-order valence-electron chi connectivity index (χ1n) is 15.6. The van der Waals surface area contributed by atoms with E-state index in [0.29, 0.717) is 29.7 Å². The van der Waals surface area contributed by atoms with Crippen molar-refractivity contribution in [3.63, 3.8) is 0 Å². The minimum Gasteiger partial charge on any atom is -0.361 e. The van der Waals surface area contributed by atoms with Gasteiger partial charge in [0, 0.05) is 53.4 Å². The molecule has 232 valence electrons. The molecule has 2 saturated carbocycles. The van der Waals surface area contributed by atoms with Crippen molar-refractivity contribution in [3.05, 3.63) is 60.6 Å². The quantitative estimate of drug-likeness (QED) is 0.193. The molecule has 0 radical (unpaired) electrons. The van der Waals surface area contributed by atoms with Gasteiger partial charge in [0.2, 0.25) is 17.7 Å². The fraction of sp³-hybridized carbons (Fsp3) is 0.471. The van der Waals surface area contributed by atoms with Gasteiger partial charge in [-0.25, -0.2) is 0 Å². The molecule has 2 heterocycles. The second-order valence-electron chi connectivity index (χ2n) is 13.0. The minimum absolute atomic E-state index is 0.00523. The van der Waals surface area contributed by atoms with Gasteiger partial charge in [0.25, 0.3) is 0 Å². The summed E-state index contributed by atoms with van der Waals surface area (Å²) in [6, 6.07) is 9.04. The maximum Gasteiger partial charge on any atom is 0.246 e. The lowest BCUT2D eigenvalue weighted by atomic mass is 9.56. The van der Waals surface area contributed by atoms with E-state index in [2.05, 4.69) is 39.8 Å². The summed E-state index contributed by atoms with van der Waals surface area (Å²) in [6.45, 7) is 4.42. The van der Waals surface area contributed by atoms with Gasteiger partial charge < -0.3 is 26.3 Å². The Labute approximate surface area is 257 Å². The Balaban J connectivity index is 1.41. The average Bonchev–Trinajstić information content (AvgIpc) is 3.40. The van der Waals surface area contributed by atoms with E-state index in [1.807, 2.05) is 30.5 Å². The van der Waals surface area contributed by atoms with Crippen molar-refractivity contribution < 1.29 is 19.2 Å². The third-order valence-electron chi connectivity index (χ3n) is 9.25. The van der Waals surface area contributed by atoms with Gasteiger partial charge in [-0.05, 0) is 80.0 Å². The summed E-state index contributed by atoms with van der Waals surface area (Å²) in [7, 11) is 0. The van der Waals surface area contributed by atoms with E-state index in [0.717, 1.165) is 48.6 Å². The number of aromatic nitrogens is 2. The number of fused-ring (bicyclic) bond motifs is 3. The Kier molecular flexibility index (Phi) is 9.56. The van der Waals surface area contributed by atoms with Gasteiger partial charge in [-0.1, -0.05) is 32.0 Å². The number of benzene rings is 1. The van der Waals surface area contributed by atoms with Crippen molar-refractivity contribution in [1.82, 2.24) is 20.6 Å². The zero-order valence-corrected chi connectivity index (χ0v) is 25.4. The molecule has 10 nitrogen and oxygen atoms in total. The Morgan fingerprint density at radius 2 is 1.68 bits per heavy atom. The predicted molar refractivity (Wildman–Crippen MR) is 169 cm³/mol. The standard InChI is InChI=1S/C34H42N6O4/c1-21-13-23-14-22(2)17-34(16-21,18-23)33(44)40-30(15-24-20-37-28-6-4-3-5-27(24)28)32(43)39-29(8-7-26(41)19-35)31(42)38-25-9-11-36-12-10-25/h3-6,9-12,19-23,29-30,35,37H,7-8,13-18H2,1-2H3,(H,39,43)(H,40,44)(H,36,38,42)/t21?,22?,23?,29-,30-,34?/m0/s1. The predicted octanol–water partition coefficient (Wildman–Crippen LogP) is 4.57. The zero-order valence-electron chi connectivity index (χ0n) is 25.4. The molecule has 0 spiro atoms. The molecule has 2 aliphatic rings. The van der Waals surface area contributed by atoms with Crippen molar-refractivity contribution >= 4 is 46.3 Å². The molecule has 3 aromatic rings. The Hall–Kier alpha value is -4.34. The van der Waals surface area contributed by atoms with E-state index >= 15 is 0 Å². The SMILES string of the molecule is CC1CC2CC(C)CC(C(=O)N[C@@H](Cc3c[nH]c4ccccc34)C(=O)N[C@@H](CCC(=O)C=N)C(=O)Nc3ccncc3)(C1)C2. The van der Waals surface area contributed by atoms with Crippen molar-refractivity contribution in [3.8, 4) is 0 Å². The number of nitrogens with one attached hydrogen (secondary N) is 5. The van der Waals surface area contributed by atoms with E-state index in [-0.39, 0.29) is 25.2 Å². The average molecular weight is 599 g/mol. The highest BCUT2D eigenvalue weighted by Crippen LogP contribution is 2.53. The van der Waals surface area contributed by atoms with Gasteiger partial charge in [0.15, 0.2) is 5.78 Å². The lowest BCUT2D eigenvalue weighted by Crippen LogP contribution is -2.57. The topological polar surface area (TPSA) is 157 Å².